The third-order valence-corrected chi connectivity index (χ3v) is 3.93. The van der Waals surface area contributed by atoms with Crippen LogP contribution in [-0.2, 0) is 0 Å². The summed E-state index contributed by atoms with van der Waals surface area (Å²) in [6, 6.07) is 20.1. The molecule has 0 bridgehead atoms. The fourth-order valence-electron chi connectivity index (χ4n) is 2.74. The number of carbonyl (C=O) groups excluding carboxylic acids is 1. The Kier molecular flexibility index (Phi) is 4.15. The van der Waals surface area contributed by atoms with Crippen molar-refractivity contribution in [3.8, 4) is 0 Å². The van der Waals surface area contributed by atoms with Crippen molar-refractivity contribution in [1.29, 1.82) is 0 Å². The molecule has 0 saturated carbocycles. The Hall–Kier alpha value is -2.35. The third-order valence-electron chi connectivity index (χ3n) is 3.93. The summed E-state index contributed by atoms with van der Waals surface area (Å²) >= 11 is 0. The minimum Gasteiger partial charge on any atom is -0.349 e. The van der Waals surface area contributed by atoms with E-state index in [1.165, 1.54) is 11.1 Å². The zero-order valence-corrected chi connectivity index (χ0v) is 12.0. The van der Waals surface area contributed by atoms with Crippen LogP contribution < -0.4 is 5.32 Å². The lowest BCUT2D eigenvalue weighted by atomic mass is 9.90. The lowest BCUT2D eigenvalue weighted by Gasteiger charge is -2.23. The zero-order valence-electron chi connectivity index (χ0n) is 12.0. The van der Waals surface area contributed by atoms with Gasteiger partial charge in [0.25, 0.3) is 5.91 Å². The number of hydrogen-bond acceptors (Lipinski definition) is 1. The smallest absolute Gasteiger partial charge is 0.251 e. The molecule has 106 valence electrons. The summed E-state index contributed by atoms with van der Waals surface area (Å²) in [5.41, 5.74) is 3.42. The number of carbonyl (C=O) groups is 1. The first-order valence-electron chi connectivity index (χ1n) is 7.43. The van der Waals surface area contributed by atoms with Crippen LogP contribution in [0.25, 0.3) is 5.57 Å². The molecule has 0 aliphatic heterocycles. The van der Waals surface area contributed by atoms with Gasteiger partial charge in [0.05, 0.1) is 0 Å². The predicted octanol–water partition coefficient (Wildman–Crippen LogP) is 4.05. The Morgan fingerprint density at radius 1 is 0.952 bits per heavy atom. The quantitative estimate of drug-likeness (QED) is 0.901. The number of nitrogens with one attached hydrogen (secondary N) is 1. The van der Waals surface area contributed by atoms with Gasteiger partial charge in [-0.1, -0.05) is 54.6 Å². The molecular weight excluding hydrogens is 258 g/mol. The molecular formula is C19H19NO. The number of benzene rings is 2. The molecule has 0 fully saturated rings. The number of rotatable bonds is 3. The molecule has 2 aromatic rings. The minimum atomic E-state index is 0.0251. The van der Waals surface area contributed by atoms with Crippen molar-refractivity contribution in [3.05, 3.63) is 77.9 Å². The fourth-order valence-corrected chi connectivity index (χ4v) is 2.74. The molecule has 0 saturated heterocycles. The van der Waals surface area contributed by atoms with Crippen LogP contribution in [0.4, 0.5) is 0 Å². The standard InChI is InChI=1S/C19H19NO/c21-19(17-9-5-2-6-10-17)20-18-13-11-16(12-14-18)15-7-3-1-4-8-15/h1-11,18H,12-14H2,(H,20,21)/t18-/m1/s1. The average molecular weight is 277 g/mol. The second-order valence-corrected chi connectivity index (χ2v) is 5.41. The molecule has 1 atom stereocenters. The van der Waals surface area contributed by atoms with E-state index >= 15 is 0 Å². The van der Waals surface area contributed by atoms with Gasteiger partial charge in [-0.25, -0.2) is 0 Å². The van der Waals surface area contributed by atoms with Crippen molar-refractivity contribution in [2.45, 2.75) is 25.3 Å². The summed E-state index contributed by atoms with van der Waals surface area (Å²) in [6.45, 7) is 0. The SMILES string of the molecule is O=C(N[C@@H]1CC=C(c2ccccc2)CC1)c1ccccc1. The highest BCUT2D eigenvalue weighted by molar-refractivity contribution is 5.94. The third kappa shape index (κ3) is 3.40. The van der Waals surface area contributed by atoms with Crippen LogP contribution in [-0.4, -0.2) is 11.9 Å². The monoisotopic (exact) mass is 277 g/mol. The normalized spacial score (nSPS) is 17.9. The number of allylic oxidation sites excluding steroid dienone is 1. The van der Waals surface area contributed by atoms with E-state index in [-0.39, 0.29) is 11.9 Å². The highest BCUT2D eigenvalue weighted by Gasteiger charge is 2.17. The van der Waals surface area contributed by atoms with Gasteiger partial charge in [-0.3, -0.25) is 4.79 Å². The molecule has 1 aliphatic rings. The second-order valence-electron chi connectivity index (χ2n) is 5.41. The van der Waals surface area contributed by atoms with Gasteiger partial charge in [0, 0.05) is 11.6 Å². The van der Waals surface area contributed by atoms with E-state index in [4.69, 9.17) is 0 Å². The van der Waals surface area contributed by atoms with Crippen LogP contribution in [0, 0.1) is 0 Å². The van der Waals surface area contributed by atoms with Gasteiger partial charge in [-0.15, -0.1) is 0 Å². The van der Waals surface area contributed by atoms with Gasteiger partial charge in [0.2, 0.25) is 0 Å². The van der Waals surface area contributed by atoms with Gasteiger partial charge in [-0.05, 0) is 42.5 Å². The van der Waals surface area contributed by atoms with Crippen LogP contribution in [0.2, 0.25) is 0 Å². The molecule has 3 rings (SSSR count). The van der Waals surface area contributed by atoms with Crippen molar-refractivity contribution in [2.75, 3.05) is 0 Å². The molecule has 1 N–H and O–H groups in total. The Balaban J connectivity index is 1.61. The largest absolute Gasteiger partial charge is 0.349 e. The van der Waals surface area contributed by atoms with Crippen LogP contribution >= 0.6 is 0 Å². The first-order chi connectivity index (χ1) is 10.3. The zero-order chi connectivity index (χ0) is 14.5. The van der Waals surface area contributed by atoms with Crippen LogP contribution in [0.15, 0.2) is 66.7 Å². The highest BCUT2D eigenvalue weighted by Crippen LogP contribution is 2.26. The maximum Gasteiger partial charge on any atom is 0.251 e. The molecule has 2 nitrogen and oxygen atoms in total. The van der Waals surface area contributed by atoms with Crippen LogP contribution in [0.3, 0.4) is 0 Å². The molecule has 0 heterocycles. The summed E-state index contributed by atoms with van der Waals surface area (Å²) in [7, 11) is 0. The summed E-state index contributed by atoms with van der Waals surface area (Å²) in [5, 5.41) is 3.12. The summed E-state index contributed by atoms with van der Waals surface area (Å²) in [4.78, 5) is 12.1. The van der Waals surface area contributed by atoms with Crippen LogP contribution in [0.1, 0.15) is 35.2 Å². The molecule has 0 radical (unpaired) electrons. The van der Waals surface area contributed by atoms with E-state index in [1.54, 1.807) is 0 Å². The molecule has 0 spiro atoms. The maximum absolute atomic E-state index is 12.1. The topological polar surface area (TPSA) is 29.1 Å². The Bertz CT molecular complexity index is 631. The summed E-state index contributed by atoms with van der Waals surface area (Å²) in [5.74, 6) is 0.0251. The van der Waals surface area contributed by atoms with E-state index in [0.29, 0.717) is 0 Å². The van der Waals surface area contributed by atoms with Crippen molar-refractivity contribution in [3.63, 3.8) is 0 Å². The fraction of sp³-hybridized carbons (Fsp3) is 0.211. The molecule has 21 heavy (non-hydrogen) atoms. The minimum absolute atomic E-state index is 0.0251. The van der Waals surface area contributed by atoms with E-state index in [9.17, 15) is 4.79 Å². The van der Waals surface area contributed by atoms with Crippen molar-refractivity contribution >= 4 is 11.5 Å². The van der Waals surface area contributed by atoms with Crippen molar-refractivity contribution in [1.82, 2.24) is 5.32 Å². The van der Waals surface area contributed by atoms with E-state index in [2.05, 4.69) is 35.7 Å². The van der Waals surface area contributed by atoms with Crippen molar-refractivity contribution in [2.24, 2.45) is 0 Å². The molecule has 2 aromatic carbocycles. The Labute approximate surface area is 125 Å². The van der Waals surface area contributed by atoms with E-state index in [1.807, 2.05) is 36.4 Å². The van der Waals surface area contributed by atoms with E-state index < -0.39 is 0 Å². The summed E-state index contributed by atoms with van der Waals surface area (Å²) < 4.78 is 0. The first kappa shape index (κ1) is 13.6. The first-order valence-corrected chi connectivity index (χ1v) is 7.43. The molecule has 0 aromatic heterocycles. The summed E-state index contributed by atoms with van der Waals surface area (Å²) in [6.07, 6.45) is 5.18. The molecule has 1 aliphatic carbocycles. The average Bonchev–Trinajstić information content (AvgIpc) is 2.57. The maximum atomic E-state index is 12.1. The van der Waals surface area contributed by atoms with Gasteiger partial charge in [0.1, 0.15) is 0 Å². The highest BCUT2D eigenvalue weighted by atomic mass is 16.1. The van der Waals surface area contributed by atoms with Gasteiger partial charge >= 0.3 is 0 Å². The van der Waals surface area contributed by atoms with Gasteiger partial charge in [0.15, 0.2) is 0 Å². The Morgan fingerprint density at radius 2 is 1.62 bits per heavy atom. The van der Waals surface area contributed by atoms with Gasteiger partial charge in [-0.2, -0.15) is 0 Å². The van der Waals surface area contributed by atoms with Crippen LogP contribution in [0.5, 0.6) is 0 Å². The molecule has 2 heteroatoms. The number of amides is 1. The second kappa shape index (κ2) is 6.40. The van der Waals surface area contributed by atoms with E-state index in [0.717, 1.165) is 24.8 Å². The molecule has 0 unspecified atom stereocenters. The molecule has 1 amide bonds. The lowest BCUT2D eigenvalue weighted by Crippen LogP contribution is -2.35. The predicted molar refractivity (Wildman–Crippen MR) is 86.0 cm³/mol. The van der Waals surface area contributed by atoms with Crippen molar-refractivity contribution < 1.29 is 4.79 Å². The Morgan fingerprint density at radius 3 is 2.24 bits per heavy atom. The lowest BCUT2D eigenvalue weighted by molar-refractivity contribution is 0.0935. The number of hydrogen-bond donors (Lipinski definition) is 1. The van der Waals surface area contributed by atoms with Gasteiger partial charge < -0.3 is 5.32 Å².